The molecule has 0 bridgehead atoms. The van der Waals surface area contributed by atoms with E-state index < -0.39 is 29.8 Å². The smallest absolute Gasteiger partial charge is 0.311 e. The van der Waals surface area contributed by atoms with E-state index in [1.165, 1.54) is 0 Å². The first kappa shape index (κ1) is 13.6. The first-order chi connectivity index (χ1) is 8.24. The van der Waals surface area contributed by atoms with Gasteiger partial charge < -0.3 is 4.90 Å². The Labute approximate surface area is 105 Å². The summed E-state index contributed by atoms with van der Waals surface area (Å²) in [5.41, 5.74) is -1.91. The molecule has 1 saturated heterocycles. The Morgan fingerprint density at radius 2 is 2.00 bits per heavy atom. The predicted octanol–water partition coefficient (Wildman–Crippen LogP) is 2.27. The maximum Gasteiger partial charge on any atom is 0.411 e. The standard InChI is InChI=1S/C12H19F3N2O/c1-4-8-10(18)17(9(16-8)7(2)3)11(5-6-11)12(13,14)15/h7-9,16H,4-6H2,1-3H3. The number of hydrogen-bond acceptors (Lipinski definition) is 2. The van der Waals surface area contributed by atoms with Crippen LogP contribution in [0.25, 0.3) is 0 Å². The second-order valence-electron chi connectivity index (χ2n) is 5.55. The lowest BCUT2D eigenvalue weighted by Crippen LogP contribution is -2.55. The van der Waals surface area contributed by atoms with E-state index in [1.54, 1.807) is 0 Å². The third kappa shape index (κ3) is 1.81. The van der Waals surface area contributed by atoms with Crippen molar-refractivity contribution in [2.75, 3.05) is 0 Å². The molecule has 1 saturated carbocycles. The van der Waals surface area contributed by atoms with E-state index in [0.717, 1.165) is 4.90 Å². The molecule has 1 heterocycles. The highest BCUT2D eigenvalue weighted by Gasteiger charge is 2.70. The maximum atomic E-state index is 13.2. The summed E-state index contributed by atoms with van der Waals surface area (Å²) >= 11 is 0. The average Bonchev–Trinajstić information content (AvgIpc) is 2.98. The highest BCUT2D eigenvalue weighted by molar-refractivity contribution is 5.85. The van der Waals surface area contributed by atoms with Crippen molar-refractivity contribution in [2.45, 2.75) is 64.0 Å². The maximum absolute atomic E-state index is 13.2. The molecule has 0 aromatic rings. The zero-order valence-electron chi connectivity index (χ0n) is 10.8. The number of amides is 1. The van der Waals surface area contributed by atoms with E-state index in [-0.39, 0.29) is 18.8 Å². The van der Waals surface area contributed by atoms with Crippen molar-refractivity contribution in [2.24, 2.45) is 5.92 Å². The molecule has 1 aliphatic heterocycles. The van der Waals surface area contributed by atoms with Crippen LogP contribution in [0.1, 0.15) is 40.0 Å². The highest BCUT2D eigenvalue weighted by Crippen LogP contribution is 2.55. The number of nitrogens with one attached hydrogen (secondary N) is 1. The molecule has 1 aliphatic carbocycles. The van der Waals surface area contributed by atoms with Gasteiger partial charge in [-0.25, -0.2) is 0 Å². The Morgan fingerprint density at radius 3 is 2.33 bits per heavy atom. The molecule has 0 radical (unpaired) electrons. The second kappa shape index (κ2) is 4.11. The molecule has 1 N–H and O–H groups in total. The summed E-state index contributed by atoms with van der Waals surface area (Å²) in [6, 6.07) is -0.475. The van der Waals surface area contributed by atoms with E-state index in [1.807, 2.05) is 20.8 Å². The van der Waals surface area contributed by atoms with Crippen LogP contribution in [-0.2, 0) is 4.79 Å². The molecule has 2 fully saturated rings. The molecule has 0 aromatic heterocycles. The average molecular weight is 264 g/mol. The number of rotatable bonds is 3. The topological polar surface area (TPSA) is 32.3 Å². The molecule has 2 unspecified atom stereocenters. The Bertz CT molecular complexity index is 350. The summed E-state index contributed by atoms with van der Waals surface area (Å²) in [6.45, 7) is 5.48. The summed E-state index contributed by atoms with van der Waals surface area (Å²) in [5.74, 6) is -0.434. The second-order valence-corrected chi connectivity index (χ2v) is 5.55. The molecule has 2 rings (SSSR count). The van der Waals surface area contributed by atoms with Gasteiger partial charge in [-0.15, -0.1) is 0 Å². The minimum Gasteiger partial charge on any atom is -0.311 e. The summed E-state index contributed by atoms with van der Waals surface area (Å²) < 4.78 is 39.5. The number of alkyl halides is 3. The minimum atomic E-state index is -4.33. The summed E-state index contributed by atoms with van der Waals surface area (Å²) in [4.78, 5) is 13.2. The van der Waals surface area contributed by atoms with Gasteiger partial charge in [-0.2, -0.15) is 13.2 Å². The molecule has 0 spiro atoms. The van der Waals surface area contributed by atoms with Gasteiger partial charge in [-0.1, -0.05) is 20.8 Å². The van der Waals surface area contributed by atoms with Crippen LogP contribution in [0.3, 0.4) is 0 Å². The van der Waals surface area contributed by atoms with Gasteiger partial charge in [0.1, 0.15) is 5.54 Å². The monoisotopic (exact) mass is 264 g/mol. The fourth-order valence-electron chi connectivity index (χ4n) is 2.70. The van der Waals surface area contributed by atoms with Gasteiger partial charge in [0.15, 0.2) is 0 Å². The van der Waals surface area contributed by atoms with E-state index in [9.17, 15) is 18.0 Å². The van der Waals surface area contributed by atoms with Crippen LogP contribution in [-0.4, -0.2) is 34.7 Å². The van der Waals surface area contributed by atoms with Crippen molar-refractivity contribution in [3.63, 3.8) is 0 Å². The zero-order valence-corrected chi connectivity index (χ0v) is 10.8. The third-order valence-corrected chi connectivity index (χ3v) is 3.94. The SMILES string of the molecule is CCC1NC(C(C)C)N(C2(C(F)(F)F)CC2)C1=O. The first-order valence-corrected chi connectivity index (χ1v) is 6.40. The van der Waals surface area contributed by atoms with Crippen molar-refractivity contribution < 1.29 is 18.0 Å². The molecule has 2 atom stereocenters. The Kier molecular flexibility index (Phi) is 3.12. The molecule has 18 heavy (non-hydrogen) atoms. The van der Waals surface area contributed by atoms with Crippen LogP contribution in [0.4, 0.5) is 13.2 Å². The number of carbonyl (C=O) groups excluding carboxylic acids is 1. The molecule has 0 aromatic carbocycles. The van der Waals surface area contributed by atoms with Crippen LogP contribution in [0.5, 0.6) is 0 Å². The quantitative estimate of drug-likeness (QED) is 0.848. The molecular weight excluding hydrogens is 245 g/mol. The Morgan fingerprint density at radius 1 is 1.44 bits per heavy atom. The van der Waals surface area contributed by atoms with E-state index in [0.29, 0.717) is 6.42 Å². The molecular formula is C12H19F3N2O. The fraction of sp³-hybridized carbons (Fsp3) is 0.917. The van der Waals surface area contributed by atoms with E-state index in [4.69, 9.17) is 0 Å². The van der Waals surface area contributed by atoms with Gasteiger partial charge in [-0.05, 0) is 25.2 Å². The van der Waals surface area contributed by atoms with Crippen LogP contribution in [0.15, 0.2) is 0 Å². The first-order valence-electron chi connectivity index (χ1n) is 6.40. The summed E-state index contributed by atoms with van der Waals surface area (Å²) in [7, 11) is 0. The molecule has 6 heteroatoms. The summed E-state index contributed by atoms with van der Waals surface area (Å²) in [6.07, 6.45) is -4.26. The Hall–Kier alpha value is -0.780. The minimum absolute atomic E-state index is 0.0313. The van der Waals surface area contributed by atoms with Crippen molar-refractivity contribution in [3.8, 4) is 0 Å². The lowest BCUT2D eigenvalue weighted by atomic mass is 10.1. The van der Waals surface area contributed by atoms with Gasteiger partial charge in [0, 0.05) is 0 Å². The molecule has 104 valence electrons. The van der Waals surface area contributed by atoms with Gasteiger partial charge in [0.25, 0.3) is 0 Å². The lowest BCUT2D eigenvalue weighted by molar-refractivity contribution is -0.204. The normalized spacial score (nSPS) is 31.3. The number of carbonyl (C=O) groups is 1. The zero-order chi connectivity index (χ0) is 13.7. The van der Waals surface area contributed by atoms with E-state index in [2.05, 4.69) is 5.32 Å². The molecule has 3 nitrogen and oxygen atoms in total. The largest absolute Gasteiger partial charge is 0.411 e. The third-order valence-electron chi connectivity index (χ3n) is 3.94. The van der Waals surface area contributed by atoms with Gasteiger partial charge in [0.2, 0.25) is 5.91 Å². The molecule has 2 aliphatic rings. The van der Waals surface area contributed by atoms with Crippen molar-refractivity contribution in [3.05, 3.63) is 0 Å². The number of halogens is 3. The Balaban J connectivity index is 2.32. The van der Waals surface area contributed by atoms with Crippen LogP contribution in [0, 0.1) is 5.92 Å². The summed E-state index contributed by atoms with van der Waals surface area (Å²) in [5, 5.41) is 3.03. The van der Waals surface area contributed by atoms with Gasteiger partial charge in [-0.3, -0.25) is 10.1 Å². The highest BCUT2D eigenvalue weighted by atomic mass is 19.4. The van der Waals surface area contributed by atoms with Crippen molar-refractivity contribution >= 4 is 5.91 Å². The van der Waals surface area contributed by atoms with Crippen LogP contribution >= 0.6 is 0 Å². The van der Waals surface area contributed by atoms with Gasteiger partial charge >= 0.3 is 6.18 Å². The number of nitrogens with zero attached hydrogens (tertiary/aromatic N) is 1. The van der Waals surface area contributed by atoms with Crippen LogP contribution in [0.2, 0.25) is 0 Å². The van der Waals surface area contributed by atoms with Crippen molar-refractivity contribution in [1.82, 2.24) is 10.2 Å². The molecule has 1 amide bonds. The fourth-order valence-corrected chi connectivity index (χ4v) is 2.70. The number of hydrogen-bond donors (Lipinski definition) is 1. The van der Waals surface area contributed by atoms with Gasteiger partial charge in [0.05, 0.1) is 12.2 Å². The van der Waals surface area contributed by atoms with Crippen LogP contribution < -0.4 is 5.32 Å². The van der Waals surface area contributed by atoms with E-state index >= 15 is 0 Å². The lowest BCUT2D eigenvalue weighted by Gasteiger charge is -2.36. The van der Waals surface area contributed by atoms with Crippen molar-refractivity contribution in [1.29, 1.82) is 0 Å². The predicted molar refractivity (Wildman–Crippen MR) is 60.7 cm³/mol.